The Balaban J connectivity index is 1.43. The maximum atomic E-state index is 12.7. The highest BCUT2D eigenvalue weighted by Gasteiger charge is 2.18. The highest BCUT2D eigenvalue weighted by molar-refractivity contribution is 7.13. The second-order valence-corrected chi connectivity index (χ2v) is 7.86. The van der Waals surface area contributed by atoms with E-state index in [1.807, 2.05) is 29.6 Å². The summed E-state index contributed by atoms with van der Waals surface area (Å²) in [6, 6.07) is 13.5. The number of benzene rings is 1. The van der Waals surface area contributed by atoms with Crippen LogP contribution in [0, 0.1) is 0 Å². The van der Waals surface area contributed by atoms with E-state index in [1.165, 1.54) is 22.1 Å². The number of rotatable bonds is 7. The van der Waals surface area contributed by atoms with E-state index in [1.54, 1.807) is 44.6 Å². The van der Waals surface area contributed by atoms with Crippen molar-refractivity contribution in [1.29, 1.82) is 0 Å². The van der Waals surface area contributed by atoms with Crippen LogP contribution in [0.25, 0.3) is 21.8 Å². The average Bonchev–Trinajstić information content (AvgIpc) is 3.32. The van der Waals surface area contributed by atoms with Gasteiger partial charge in [0.25, 0.3) is 5.56 Å². The molecule has 9 heteroatoms. The number of nitrogens with zero attached hydrogens (tertiary/aromatic N) is 4. The van der Waals surface area contributed by atoms with Gasteiger partial charge in [0.05, 0.1) is 25.0 Å². The number of carbonyl (C=O) groups excluding carboxylic acids is 1. The van der Waals surface area contributed by atoms with Crippen molar-refractivity contribution >= 4 is 17.2 Å². The number of pyridine rings is 1. The molecule has 1 unspecified atom stereocenters. The molecule has 162 valence electrons. The van der Waals surface area contributed by atoms with Crippen molar-refractivity contribution in [2.45, 2.75) is 19.5 Å². The van der Waals surface area contributed by atoms with Gasteiger partial charge in [0.2, 0.25) is 5.91 Å². The molecule has 0 aliphatic carbocycles. The summed E-state index contributed by atoms with van der Waals surface area (Å²) in [6.45, 7) is 1.90. The van der Waals surface area contributed by atoms with Gasteiger partial charge in [0, 0.05) is 35.0 Å². The molecule has 0 saturated heterocycles. The van der Waals surface area contributed by atoms with E-state index in [0.29, 0.717) is 5.69 Å². The first-order valence-electron chi connectivity index (χ1n) is 9.92. The minimum Gasteiger partial charge on any atom is -0.497 e. The predicted octanol–water partition coefficient (Wildman–Crippen LogP) is 3.31. The first-order chi connectivity index (χ1) is 15.5. The minimum atomic E-state index is -0.774. The quantitative estimate of drug-likeness (QED) is 0.467. The van der Waals surface area contributed by atoms with E-state index in [0.717, 1.165) is 27.6 Å². The van der Waals surface area contributed by atoms with Gasteiger partial charge in [-0.25, -0.2) is 9.67 Å². The van der Waals surface area contributed by atoms with E-state index in [2.05, 4.69) is 20.4 Å². The van der Waals surface area contributed by atoms with Crippen LogP contribution in [0.3, 0.4) is 0 Å². The molecule has 0 saturated carbocycles. The van der Waals surface area contributed by atoms with Crippen molar-refractivity contribution < 1.29 is 9.53 Å². The molecule has 3 aromatic heterocycles. The van der Waals surface area contributed by atoms with Crippen molar-refractivity contribution in [2.24, 2.45) is 0 Å². The van der Waals surface area contributed by atoms with Gasteiger partial charge >= 0.3 is 0 Å². The zero-order chi connectivity index (χ0) is 22.5. The maximum absolute atomic E-state index is 12.7. The standard InChI is InChI=1S/C23H21N5O3S/c1-15(28-21(29)8-7-20(27-28)16-9-11-24-12-10-16)22(30)25-13-18-14-32-23(26-18)17-3-5-19(31-2)6-4-17/h3-12,14-15H,13H2,1-2H3,(H,25,30). The SMILES string of the molecule is COc1ccc(-c2nc(CNC(=O)C(C)n3nc(-c4ccncc4)ccc3=O)cs2)cc1. The molecule has 0 bridgehead atoms. The van der Waals surface area contributed by atoms with Crippen molar-refractivity contribution in [3.05, 3.63) is 82.4 Å². The Morgan fingerprint density at radius 3 is 2.56 bits per heavy atom. The van der Waals surface area contributed by atoms with Gasteiger partial charge in [-0.05, 0) is 49.4 Å². The predicted molar refractivity (Wildman–Crippen MR) is 122 cm³/mol. The summed E-state index contributed by atoms with van der Waals surface area (Å²) >= 11 is 1.50. The molecule has 0 spiro atoms. The monoisotopic (exact) mass is 447 g/mol. The first kappa shape index (κ1) is 21.4. The number of nitrogens with one attached hydrogen (secondary N) is 1. The zero-order valence-corrected chi connectivity index (χ0v) is 18.4. The summed E-state index contributed by atoms with van der Waals surface area (Å²) in [5, 5.41) is 9.97. The highest BCUT2D eigenvalue weighted by atomic mass is 32.1. The summed E-state index contributed by atoms with van der Waals surface area (Å²) < 4.78 is 6.37. The smallest absolute Gasteiger partial charge is 0.267 e. The van der Waals surface area contributed by atoms with Gasteiger partial charge in [-0.3, -0.25) is 14.6 Å². The second-order valence-electron chi connectivity index (χ2n) is 7.00. The van der Waals surface area contributed by atoms with Crippen LogP contribution in [-0.4, -0.2) is 32.8 Å². The zero-order valence-electron chi connectivity index (χ0n) is 17.6. The summed E-state index contributed by atoms with van der Waals surface area (Å²) in [6.07, 6.45) is 3.30. The minimum absolute atomic E-state index is 0.259. The number of hydrogen-bond acceptors (Lipinski definition) is 7. The van der Waals surface area contributed by atoms with E-state index in [-0.39, 0.29) is 18.0 Å². The summed E-state index contributed by atoms with van der Waals surface area (Å²) in [4.78, 5) is 33.6. The van der Waals surface area contributed by atoms with Crippen LogP contribution in [-0.2, 0) is 11.3 Å². The average molecular weight is 448 g/mol. The lowest BCUT2D eigenvalue weighted by Gasteiger charge is -2.14. The lowest BCUT2D eigenvalue weighted by molar-refractivity contribution is -0.124. The topological polar surface area (TPSA) is 99.0 Å². The summed E-state index contributed by atoms with van der Waals surface area (Å²) in [7, 11) is 1.62. The highest BCUT2D eigenvalue weighted by Crippen LogP contribution is 2.25. The van der Waals surface area contributed by atoms with E-state index < -0.39 is 6.04 Å². The van der Waals surface area contributed by atoms with Crippen LogP contribution in [0.4, 0.5) is 0 Å². The van der Waals surface area contributed by atoms with Gasteiger partial charge in [0.1, 0.15) is 16.8 Å². The second kappa shape index (κ2) is 9.52. The number of thiazole rings is 1. The molecule has 8 nitrogen and oxygen atoms in total. The Morgan fingerprint density at radius 1 is 1.09 bits per heavy atom. The molecule has 4 rings (SSSR count). The number of aromatic nitrogens is 4. The summed E-state index contributed by atoms with van der Waals surface area (Å²) in [5.74, 6) is 0.467. The van der Waals surface area contributed by atoms with Crippen molar-refractivity contribution in [3.8, 4) is 27.6 Å². The largest absolute Gasteiger partial charge is 0.497 e. The number of hydrogen-bond donors (Lipinski definition) is 1. The van der Waals surface area contributed by atoms with E-state index in [4.69, 9.17) is 4.74 Å². The maximum Gasteiger partial charge on any atom is 0.267 e. The first-order valence-corrected chi connectivity index (χ1v) is 10.8. The molecular weight excluding hydrogens is 426 g/mol. The van der Waals surface area contributed by atoms with Gasteiger partial charge in [0.15, 0.2) is 0 Å². The molecule has 1 N–H and O–H groups in total. The fourth-order valence-corrected chi connectivity index (χ4v) is 3.90. The lowest BCUT2D eigenvalue weighted by atomic mass is 10.2. The van der Waals surface area contributed by atoms with Crippen LogP contribution in [0.15, 0.2) is 71.1 Å². The van der Waals surface area contributed by atoms with Gasteiger partial charge in [-0.15, -0.1) is 11.3 Å². The van der Waals surface area contributed by atoms with Crippen LogP contribution in [0.2, 0.25) is 0 Å². The van der Waals surface area contributed by atoms with Crippen LogP contribution >= 0.6 is 11.3 Å². The third kappa shape index (κ3) is 4.73. The molecule has 1 amide bonds. The number of methoxy groups -OCH3 is 1. The molecule has 3 heterocycles. The number of amides is 1. The Bertz CT molecular complexity index is 1270. The molecule has 0 fully saturated rings. The fourth-order valence-electron chi connectivity index (χ4n) is 3.07. The van der Waals surface area contributed by atoms with E-state index >= 15 is 0 Å². The van der Waals surface area contributed by atoms with Gasteiger partial charge in [-0.2, -0.15) is 5.10 Å². The van der Waals surface area contributed by atoms with Crippen LogP contribution in [0.5, 0.6) is 5.75 Å². The van der Waals surface area contributed by atoms with Crippen LogP contribution < -0.4 is 15.6 Å². The Labute approximate surface area is 188 Å². The lowest BCUT2D eigenvalue weighted by Crippen LogP contribution is -2.36. The normalized spacial score (nSPS) is 11.7. The summed E-state index contributed by atoms with van der Waals surface area (Å²) in [5.41, 5.74) is 2.78. The van der Waals surface area contributed by atoms with Crippen molar-refractivity contribution in [1.82, 2.24) is 25.1 Å². The van der Waals surface area contributed by atoms with Gasteiger partial charge < -0.3 is 10.1 Å². The molecule has 32 heavy (non-hydrogen) atoms. The third-order valence-electron chi connectivity index (χ3n) is 4.88. The van der Waals surface area contributed by atoms with Gasteiger partial charge in [-0.1, -0.05) is 0 Å². The molecule has 0 aliphatic heterocycles. The molecule has 1 atom stereocenters. The molecule has 1 aromatic carbocycles. The number of carbonyl (C=O) groups is 1. The third-order valence-corrected chi connectivity index (χ3v) is 5.82. The van der Waals surface area contributed by atoms with Crippen LogP contribution in [0.1, 0.15) is 18.7 Å². The Kier molecular flexibility index (Phi) is 6.37. The molecule has 0 radical (unpaired) electrons. The molecular formula is C23H21N5O3S. The molecule has 4 aromatic rings. The Hall–Kier alpha value is -3.85. The Morgan fingerprint density at radius 2 is 1.84 bits per heavy atom. The van der Waals surface area contributed by atoms with E-state index in [9.17, 15) is 9.59 Å². The van der Waals surface area contributed by atoms with Crippen molar-refractivity contribution in [3.63, 3.8) is 0 Å². The number of ether oxygens (including phenoxy) is 1. The van der Waals surface area contributed by atoms with Crippen molar-refractivity contribution in [2.75, 3.05) is 7.11 Å². The molecule has 0 aliphatic rings. The fraction of sp³-hybridized carbons (Fsp3) is 0.174.